The summed E-state index contributed by atoms with van der Waals surface area (Å²) in [5.74, 6) is -0.445. The molecule has 5 nitrogen and oxygen atoms in total. The second kappa shape index (κ2) is 6.85. The third kappa shape index (κ3) is 3.99. The lowest BCUT2D eigenvalue weighted by Gasteiger charge is -2.12. The first kappa shape index (κ1) is 17.4. The molecule has 0 radical (unpaired) electrons. The van der Waals surface area contributed by atoms with Crippen LogP contribution in [0.3, 0.4) is 0 Å². The molecule has 1 N–H and O–H groups in total. The number of carbonyl (C=O) groups excluding carboxylic acids is 1. The molecule has 25 heavy (non-hydrogen) atoms. The van der Waals surface area contributed by atoms with E-state index in [1.807, 2.05) is 0 Å². The summed E-state index contributed by atoms with van der Waals surface area (Å²) in [7, 11) is 0. The van der Waals surface area contributed by atoms with Crippen LogP contribution in [0.2, 0.25) is 5.02 Å². The molecule has 2 heterocycles. The highest BCUT2D eigenvalue weighted by Gasteiger charge is 2.31. The predicted molar refractivity (Wildman–Crippen MR) is 88.0 cm³/mol. The monoisotopic (exact) mass is 387 g/mol. The Morgan fingerprint density at radius 2 is 2.08 bits per heavy atom. The lowest BCUT2D eigenvalue weighted by molar-refractivity contribution is -0.137. The van der Waals surface area contributed by atoms with Crippen molar-refractivity contribution in [2.45, 2.75) is 6.18 Å². The van der Waals surface area contributed by atoms with Crippen LogP contribution in [-0.4, -0.2) is 22.5 Å². The molecule has 1 aromatic carbocycles. The summed E-state index contributed by atoms with van der Waals surface area (Å²) in [5.41, 5.74) is -1.06. The minimum Gasteiger partial charge on any atom is -0.467 e. The van der Waals surface area contributed by atoms with E-state index in [9.17, 15) is 18.0 Å². The molecule has 3 aromatic rings. The minimum absolute atomic E-state index is 0.0105. The zero-order valence-corrected chi connectivity index (χ0v) is 13.9. The van der Waals surface area contributed by atoms with Crippen molar-refractivity contribution in [3.63, 3.8) is 0 Å². The summed E-state index contributed by atoms with van der Waals surface area (Å²) in [6.45, 7) is -0.436. The lowest BCUT2D eigenvalue weighted by atomic mass is 10.2. The number of nitrogens with one attached hydrogen (secondary N) is 1. The summed E-state index contributed by atoms with van der Waals surface area (Å²) >= 11 is 7.22. The van der Waals surface area contributed by atoms with Gasteiger partial charge in [0.1, 0.15) is 11.2 Å². The van der Waals surface area contributed by atoms with Crippen molar-refractivity contribution < 1.29 is 22.7 Å². The fraction of sp³-hybridized carbons (Fsp3) is 0.133. The van der Waals surface area contributed by atoms with E-state index in [4.69, 9.17) is 16.3 Å². The van der Waals surface area contributed by atoms with Crippen LogP contribution in [0.25, 0.3) is 10.2 Å². The van der Waals surface area contributed by atoms with Gasteiger partial charge in [-0.15, -0.1) is 11.3 Å². The van der Waals surface area contributed by atoms with Crippen LogP contribution in [0.15, 0.2) is 36.0 Å². The maximum Gasteiger partial charge on any atom is 0.416 e. The van der Waals surface area contributed by atoms with Crippen LogP contribution in [0.4, 0.5) is 18.9 Å². The van der Waals surface area contributed by atoms with Gasteiger partial charge in [-0.2, -0.15) is 13.2 Å². The van der Waals surface area contributed by atoms with Crippen LogP contribution >= 0.6 is 22.9 Å². The van der Waals surface area contributed by atoms with E-state index >= 15 is 0 Å². The Morgan fingerprint density at radius 1 is 1.28 bits per heavy atom. The van der Waals surface area contributed by atoms with E-state index < -0.39 is 24.3 Å². The number of alkyl halides is 3. The first-order chi connectivity index (χ1) is 11.8. The van der Waals surface area contributed by atoms with E-state index in [2.05, 4.69) is 15.3 Å². The third-order valence-electron chi connectivity index (χ3n) is 3.13. The van der Waals surface area contributed by atoms with E-state index in [1.165, 1.54) is 17.7 Å². The average molecular weight is 388 g/mol. The van der Waals surface area contributed by atoms with Crippen molar-refractivity contribution in [3.8, 4) is 5.88 Å². The van der Waals surface area contributed by atoms with Gasteiger partial charge in [0.25, 0.3) is 5.91 Å². The SMILES string of the molecule is O=C(COc1ncnc2sccc12)Nc1cc(C(F)(F)F)ccc1Cl. The summed E-state index contributed by atoms with van der Waals surface area (Å²) in [5, 5.41) is 4.74. The highest BCUT2D eigenvalue weighted by molar-refractivity contribution is 7.16. The minimum atomic E-state index is -4.54. The van der Waals surface area contributed by atoms with Crippen LogP contribution in [0.5, 0.6) is 5.88 Å². The van der Waals surface area contributed by atoms with E-state index in [-0.39, 0.29) is 16.6 Å². The average Bonchev–Trinajstić information content (AvgIpc) is 3.03. The number of carbonyl (C=O) groups is 1. The number of hydrogen-bond acceptors (Lipinski definition) is 5. The number of aromatic nitrogens is 2. The first-order valence-corrected chi connectivity index (χ1v) is 8.08. The molecule has 0 atom stereocenters. The number of thiophene rings is 1. The number of anilines is 1. The van der Waals surface area contributed by atoms with Gasteiger partial charge in [-0.25, -0.2) is 9.97 Å². The first-order valence-electron chi connectivity index (χ1n) is 6.82. The molecular formula is C15H9ClF3N3O2S. The Balaban J connectivity index is 1.70. The van der Waals surface area contributed by atoms with Crippen molar-refractivity contribution in [2.24, 2.45) is 0 Å². The van der Waals surface area contributed by atoms with Crippen LogP contribution in [0, 0.1) is 0 Å². The highest BCUT2D eigenvalue weighted by atomic mass is 35.5. The second-order valence-corrected chi connectivity index (χ2v) is 6.15. The molecular weight excluding hydrogens is 379 g/mol. The Bertz CT molecular complexity index is 930. The molecule has 2 aromatic heterocycles. The zero-order valence-electron chi connectivity index (χ0n) is 12.3. The molecule has 0 fully saturated rings. The van der Waals surface area contributed by atoms with Crippen LogP contribution in [-0.2, 0) is 11.0 Å². The van der Waals surface area contributed by atoms with Gasteiger partial charge in [-0.05, 0) is 29.6 Å². The van der Waals surface area contributed by atoms with Gasteiger partial charge < -0.3 is 10.1 Å². The van der Waals surface area contributed by atoms with E-state index in [1.54, 1.807) is 11.4 Å². The summed E-state index contributed by atoms with van der Waals surface area (Å²) in [4.78, 5) is 20.6. The molecule has 0 saturated carbocycles. The molecule has 0 saturated heterocycles. The topological polar surface area (TPSA) is 64.1 Å². The van der Waals surface area contributed by atoms with Gasteiger partial charge in [0.15, 0.2) is 6.61 Å². The van der Waals surface area contributed by atoms with E-state index in [0.29, 0.717) is 10.2 Å². The number of hydrogen-bond donors (Lipinski definition) is 1. The van der Waals surface area contributed by atoms with E-state index in [0.717, 1.165) is 18.2 Å². The molecule has 130 valence electrons. The van der Waals surface area contributed by atoms with Crippen molar-refractivity contribution in [1.29, 1.82) is 0 Å². The molecule has 0 aliphatic rings. The molecule has 10 heteroatoms. The van der Waals surface area contributed by atoms with Crippen molar-refractivity contribution >= 4 is 44.7 Å². The third-order valence-corrected chi connectivity index (χ3v) is 4.28. The second-order valence-electron chi connectivity index (χ2n) is 4.85. The Labute approximate surface area is 148 Å². The molecule has 0 unspecified atom stereocenters. The summed E-state index contributed by atoms with van der Waals surface area (Å²) in [6.07, 6.45) is -3.23. The largest absolute Gasteiger partial charge is 0.467 e. The number of nitrogens with zero attached hydrogens (tertiary/aromatic N) is 2. The molecule has 0 bridgehead atoms. The standard InChI is InChI=1S/C15H9ClF3N3O2S/c16-10-2-1-8(15(17,18)19)5-11(10)22-12(23)6-24-13-9-3-4-25-14(9)21-7-20-13/h1-5,7H,6H2,(H,22,23). The van der Waals surface area contributed by atoms with Crippen LogP contribution in [0.1, 0.15) is 5.56 Å². The molecule has 3 rings (SSSR count). The maximum absolute atomic E-state index is 12.7. The maximum atomic E-state index is 12.7. The van der Waals surface area contributed by atoms with Gasteiger partial charge in [-0.3, -0.25) is 4.79 Å². The highest BCUT2D eigenvalue weighted by Crippen LogP contribution is 2.33. The molecule has 0 aliphatic carbocycles. The number of amides is 1. The van der Waals surface area contributed by atoms with Crippen molar-refractivity contribution in [2.75, 3.05) is 11.9 Å². The lowest BCUT2D eigenvalue weighted by Crippen LogP contribution is -2.21. The molecule has 0 aliphatic heterocycles. The van der Waals surface area contributed by atoms with Crippen molar-refractivity contribution in [3.05, 3.63) is 46.6 Å². The van der Waals surface area contributed by atoms with Gasteiger partial charge >= 0.3 is 6.18 Å². The number of fused-ring (bicyclic) bond motifs is 1. The smallest absolute Gasteiger partial charge is 0.416 e. The fourth-order valence-electron chi connectivity index (χ4n) is 2.00. The normalized spacial score (nSPS) is 11.5. The van der Waals surface area contributed by atoms with Crippen molar-refractivity contribution in [1.82, 2.24) is 9.97 Å². The van der Waals surface area contributed by atoms with Gasteiger partial charge in [0.2, 0.25) is 5.88 Å². The number of rotatable bonds is 4. The summed E-state index contributed by atoms with van der Waals surface area (Å²) < 4.78 is 43.5. The Hall–Kier alpha value is -2.39. The predicted octanol–water partition coefficient (Wildman–Crippen LogP) is 4.38. The number of benzene rings is 1. The number of ether oxygens (including phenoxy) is 1. The van der Waals surface area contributed by atoms with Gasteiger partial charge in [0, 0.05) is 0 Å². The Morgan fingerprint density at radius 3 is 2.84 bits per heavy atom. The fourth-order valence-corrected chi connectivity index (χ4v) is 2.89. The Kier molecular flexibility index (Phi) is 4.78. The van der Waals surface area contributed by atoms with Gasteiger partial charge in [-0.1, -0.05) is 11.6 Å². The summed E-state index contributed by atoms with van der Waals surface area (Å²) in [6, 6.07) is 4.42. The quantitative estimate of drug-likeness (QED) is 0.721. The number of halogens is 4. The van der Waals surface area contributed by atoms with Gasteiger partial charge in [0.05, 0.1) is 21.7 Å². The zero-order chi connectivity index (χ0) is 18.0. The van der Waals surface area contributed by atoms with Crippen LogP contribution < -0.4 is 10.1 Å². The molecule has 1 amide bonds. The molecule has 0 spiro atoms.